The van der Waals surface area contributed by atoms with E-state index >= 15 is 0 Å². The van der Waals surface area contributed by atoms with Gasteiger partial charge in [-0.15, -0.1) is 0 Å². The summed E-state index contributed by atoms with van der Waals surface area (Å²) < 4.78 is 11.6. The second-order valence-corrected chi connectivity index (χ2v) is 12.3. The maximum Gasteiger partial charge on any atom is 0.255 e. The van der Waals surface area contributed by atoms with Crippen LogP contribution in [0.15, 0.2) is 24.3 Å². The number of carbonyl (C=O) groups is 5. The van der Waals surface area contributed by atoms with Crippen molar-refractivity contribution in [2.24, 2.45) is 5.92 Å². The van der Waals surface area contributed by atoms with Crippen molar-refractivity contribution in [3.8, 4) is 5.75 Å². The molecule has 0 unspecified atom stereocenters. The third-order valence-electron chi connectivity index (χ3n) is 8.27. The summed E-state index contributed by atoms with van der Waals surface area (Å²) in [4.78, 5) is 69.6. The molecule has 2 heterocycles. The van der Waals surface area contributed by atoms with Crippen LogP contribution in [0.4, 0.5) is 0 Å². The summed E-state index contributed by atoms with van der Waals surface area (Å²) in [5.41, 5.74) is -1.04. The minimum atomic E-state index is -1.23. The predicted octanol–water partition coefficient (Wildman–Crippen LogP) is 1.28. The Hall–Kier alpha value is -3.67. The highest BCUT2D eigenvalue weighted by Crippen LogP contribution is 2.29. The Morgan fingerprint density at radius 3 is 2.33 bits per heavy atom. The van der Waals surface area contributed by atoms with Gasteiger partial charge in [0.2, 0.25) is 23.6 Å². The molecule has 43 heavy (non-hydrogen) atoms. The van der Waals surface area contributed by atoms with Crippen molar-refractivity contribution in [3.63, 3.8) is 0 Å². The number of hydrogen-bond acceptors (Lipinski definition) is 7. The smallest absolute Gasteiger partial charge is 0.255 e. The van der Waals surface area contributed by atoms with Gasteiger partial charge in [-0.2, -0.15) is 0 Å². The van der Waals surface area contributed by atoms with Gasteiger partial charge in [0.05, 0.1) is 30.7 Å². The summed E-state index contributed by atoms with van der Waals surface area (Å²) in [5.74, 6) is -2.24. The van der Waals surface area contributed by atoms with E-state index in [4.69, 9.17) is 9.47 Å². The molecule has 0 aromatic heterocycles. The van der Waals surface area contributed by atoms with E-state index in [-0.39, 0.29) is 54.9 Å². The Labute approximate surface area is 253 Å². The van der Waals surface area contributed by atoms with Crippen LogP contribution >= 0.6 is 0 Å². The van der Waals surface area contributed by atoms with Crippen LogP contribution in [-0.2, 0) is 23.9 Å². The molecule has 4 rings (SSSR count). The molecule has 1 aliphatic carbocycles. The zero-order chi connectivity index (χ0) is 31.1. The van der Waals surface area contributed by atoms with Crippen LogP contribution in [0.25, 0.3) is 0 Å². The average Bonchev–Trinajstić information content (AvgIpc) is 2.96. The average molecular weight is 600 g/mol. The highest BCUT2D eigenvalue weighted by Gasteiger charge is 2.43. The number of ether oxygens (including phenoxy) is 2. The standard InChI is InChI=1S/C31H45N5O7/c1-19(2)26-28(39)32-14-15-42-24-11-7-6-10-22(24)27(38)33-23(29(40)36-17-20(3)43-21(4)18-36)16-25(37)35-31(30(41)34-26)12-8-5-9-13-31/h6-7,10-11,19-21,23,26H,5,8-9,12-18H2,1-4H3,(H,32,39)(H,33,38)(H,34,41)(H,35,37)/t20-,21+,23-,26+/m0/s1. The maximum absolute atomic E-state index is 13.8. The van der Waals surface area contributed by atoms with Crippen molar-refractivity contribution in [2.45, 2.75) is 96.1 Å². The highest BCUT2D eigenvalue weighted by atomic mass is 16.5. The Balaban J connectivity index is 1.68. The van der Waals surface area contributed by atoms with Crippen LogP contribution in [0.5, 0.6) is 5.75 Å². The zero-order valence-electron chi connectivity index (χ0n) is 25.6. The predicted molar refractivity (Wildman–Crippen MR) is 158 cm³/mol. The lowest BCUT2D eigenvalue weighted by atomic mass is 9.80. The molecule has 236 valence electrons. The second kappa shape index (κ2) is 14.2. The summed E-state index contributed by atoms with van der Waals surface area (Å²) in [5, 5.41) is 11.4. The fourth-order valence-electron chi connectivity index (χ4n) is 6.12. The number of para-hydroxylation sites is 1. The number of nitrogens with zero attached hydrogens (tertiary/aromatic N) is 1. The Morgan fingerprint density at radius 1 is 0.977 bits per heavy atom. The maximum atomic E-state index is 13.8. The van der Waals surface area contributed by atoms with Crippen molar-refractivity contribution >= 4 is 29.5 Å². The molecule has 1 spiro atoms. The minimum Gasteiger partial charge on any atom is -0.491 e. The summed E-state index contributed by atoms with van der Waals surface area (Å²) in [6.45, 7) is 8.27. The summed E-state index contributed by atoms with van der Waals surface area (Å²) in [6.07, 6.45) is 2.40. The lowest BCUT2D eigenvalue weighted by molar-refractivity contribution is -0.147. The molecule has 12 heteroatoms. The summed E-state index contributed by atoms with van der Waals surface area (Å²) >= 11 is 0. The van der Waals surface area contributed by atoms with Crippen LogP contribution < -0.4 is 26.0 Å². The van der Waals surface area contributed by atoms with Crippen LogP contribution in [0, 0.1) is 5.92 Å². The number of rotatable bonds is 2. The fraction of sp³-hybridized carbons (Fsp3) is 0.645. The first-order valence-corrected chi connectivity index (χ1v) is 15.4. The minimum absolute atomic E-state index is 0.0741. The van der Waals surface area contributed by atoms with Gasteiger partial charge in [0.25, 0.3) is 5.91 Å². The molecule has 1 saturated carbocycles. The zero-order valence-corrected chi connectivity index (χ0v) is 25.6. The van der Waals surface area contributed by atoms with Gasteiger partial charge in [-0.1, -0.05) is 45.2 Å². The van der Waals surface area contributed by atoms with E-state index in [0.29, 0.717) is 25.9 Å². The van der Waals surface area contributed by atoms with Gasteiger partial charge in [0, 0.05) is 13.1 Å². The number of hydrogen-bond donors (Lipinski definition) is 4. The molecule has 1 aromatic carbocycles. The van der Waals surface area contributed by atoms with Gasteiger partial charge in [0.1, 0.15) is 30.0 Å². The van der Waals surface area contributed by atoms with Crippen molar-refractivity contribution in [1.82, 2.24) is 26.2 Å². The molecule has 2 fully saturated rings. The van der Waals surface area contributed by atoms with E-state index in [1.54, 1.807) is 29.2 Å². The van der Waals surface area contributed by atoms with Crippen molar-refractivity contribution in [3.05, 3.63) is 29.8 Å². The van der Waals surface area contributed by atoms with E-state index in [9.17, 15) is 24.0 Å². The number of morpholine rings is 1. The monoisotopic (exact) mass is 599 g/mol. The quantitative estimate of drug-likeness (QED) is 0.399. The molecule has 1 saturated heterocycles. The van der Waals surface area contributed by atoms with Crippen molar-refractivity contribution in [1.29, 1.82) is 0 Å². The van der Waals surface area contributed by atoms with E-state index in [1.165, 1.54) is 0 Å². The van der Waals surface area contributed by atoms with E-state index < -0.39 is 41.3 Å². The molecular formula is C31H45N5O7. The first-order valence-electron chi connectivity index (χ1n) is 15.4. The molecular weight excluding hydrogens is 554 g/mol. The van der Waals surface area contributed by atoms with Crippen LogP contribution in [0.2, 0.25) is 0 Å². The number of fused-ring (bicyclic) bond motifs is 1. The lowest BCUT2D eigenvalue weighted by Gasteiger charge is -2.39. The van der Waals surface area contributed by atoms with E-state index in [0.717, 1.165) is 19.3 Å². The first-order chi connectivity index (χ1) is 20.5. The van der Waals surface area contributed by atoms with Gasteiger partial charge in [-0.3, -0.25) is 24.0 Å². The van der Waals surface area contributed by atoms with Gasteiger partial charge < -0.3 is 35.6 Å². The molecule has 12 nitrogen and oxygen atoms in total. The topological polar surface area (TPSA) is 155 Å². The SMILES string of the molecule is CC(C)[C@H]1NC(=O)C2(CCCCC2)NC(=O)C[C@@H](C(=O)N2C[C@@H](C)O[C@@H](C)C2)NC(=O)c2ccccc2OCCNC1=O. The molecule has 3 aliphatic rings. The largest absolute Gasteiger partial charge is 0.491 e. The molecule has 0 radical (unpaired) electrons. The van der Waals surface area contributed by atoms with E-state index in [2.05, 4.69) is 21.3 Å². The number of benzene rings is 1. The van der Waals surface area contributed by atoms with Crippen molar-refractivity contribution in [2.75, 3.05) is 26.2 Å². The molecule has 5 amide bonds. The Bertz CT molecular complexity index is 1190. The molecule has 4 N–H and O–H groups in total. The molecule has 0 bridgehead atoms. The molecule has 1 aromatic rings. The van der Waals surface area contributed by atoms with E-state index in [1.807, 2.05) is 27.7 Å². The molecule has 4 atom stereocenters. The van der Waals surface area contributed by atoms with Crippen LogP contribution in [0.1, 0.15) is 76.6 Å². The molecule has 2 aliphatic heterocycles. The van der Waals surface area contributed by atoms with Gasteiger partial charge in [0.15, 0.2) is 0 Å². The number of carbonyl (C=O) groups excluding carboxylic acids is 5. The number of nitrogens with one attached hydrogen (secondary N) is 4. The third-order valence-corrected chi connectivity index (χ3v) is 8.27. The summed E-state index contributed by atoms with van der Waals surface area (Å²) in [6, 6.07) is 4.58. The van der Waals surface area contributed by atoms with Crippen molar-refractivity contribution < 1.29 is 33.4 Å². The van der Waals surface area contributed by atoms with Crippen LogP contribution in [-0.4, -0.2) is 90.5 Å². The Kier molecular flexibility index (Phi) is 10.6. The highest BCUT2D eigenvalue weighted by molar-refractivity contribution is 6.01. The van der Waals surface area contributed by atoms with Gasteiger partial charge in [-0.25, -0.2) is 0 Å². The summed E-state index contributed by atoms with van der Waals surface area (Å²) in [7, 11) is 0. The third kappa shape index (κ3) is 8.04. The van der Waals surface area contributed by atoms with Gasteiger partial charge >= 0.3 is 0 Å². The number of amides is 5. The fourth-order valence-corrected chi connectivity index (χ4v) is 6.12. The van der Waals surface area contributed by atoms with Gasteiger partial charge in [-0.05, 0) is 44.7 Å². The van der Waals surface area contributed by atoms with Crippen LogP contribution in [0.3, 0.4) is 0 Å². The Morgan fingerprint density at radius 2 is 1.65 bits per heavy atom. The lowest BCUT2D eigenvalue weighted by Crippen LogP contribution is -2.64. The second-order valence-electron chi connectivity index (χ2n) is 12.3. The first kappa shape index (κ1) is 32.2. The normalized spacial score (nSPS) is 27.6.